The zero-order valence-corrected chi connectivity index (χ0v) is 11.0. The second-order valence-corrected chi connectivity index (χ2v) is 4.45. The molecule has 0 aliphatic rings. The fourth-order valence-electron chi connectivity index (χ4n) is 2.16. The molecule has 0 fully saturated rings. The predicted octanol–water partition coefficient (Wildman–Crippen LogP) is 2.40. The van der Waals surface area contributed by atoms with Crippen LogP contribution in [0.4, 0.5) is 0 Å². The molecule has 1 aromatic carbocycles. The summed E-state index contributed by atoms with van der Waals surface area (Å²) in [7, 11) is 0. The van der Waals surface area contributed by atoms with Crippen molar-refractivity contribution in [3.05, 3.63) is 54.7 Å². The lowest BCUT2D eigenvalue weighted by Crippen LogP contribution is -2.04. The van der Waals surface area contributed by atoms with Gasteiger partial charge in [0.15, 0.2) is 5.75 Å². The number of carbonyl (C=O) groups is 1. The van der Waals surface area contributed by atoms with E-state index < -0.39 is 0 Å². The number of hydrogen-bond donors (Lipinski definition) is 0. The van der Waals surface area contributed by atoms with Crippen LogP contribution in [0.3, 0.4) is 0 Å². The molecule has 20 heavy (non-hydrogen) atoms. The molecule has 0 radical (unpaired) electrons. The van der Waals surface area contributed by atoms with E-state index in [2.05, 4.69) is 9.97 Å². The molecule has 0 unspecified atom stereocenters. The fraction of sp³-hybridized carbons (Fsp3) is 0.133. The molecule has 2 heterocycles. The highest BCUT2D eigenvalue weighted by molar-refractivity contribution is 5.89. The lowest BCUT2D eigenvalue weighted by atomic mass is 10.1. The van der Waals surface area contributed by atoms with Crippen LogP contribution < -0.4 is 4.74 Å². The van der Waals surface area contributed by atoms with E-state index >= 15 is 0 Å². The number of rotatable bonds is 3. The summed E-state index contributed by atoms with van der Waals surface area (Å²) in [6.45, 7) is 2.08. The first-order chi connectivity index (χ1) is 9.74. The molecule has 3 rings (SSSR count). The smallest absolute Gasteiger partial charge is 0.308 e. The Kier molecular flexibility index (Phi) is 3.16. The first-order valence-electron chi connectivity index (χ1n) is 6.25. The van der Waals surface area contributed by atoms with E-state index in [1.807, 2.05) is 29.0 Å². The van der Waals surface area contributed by atoms with Crippen LogP contribution in [0, 0.1) is 0 Å². The average molecular weight is 267 g/mol. The minimum absolute atomic E-state index is 0.348. The highest BCUT2D eigenvalue weighted by Crippen LogP contribution is 2.27. The van der Waals surface area contributed by atoms with E-state index in [1.165, 1.54) is 6.92 Å². The van der Waals surface area contributed by atoms with Crippen LogP contribution >= 0.6 is 0 Å². The van der Waals surface area contributed by atoms with Crippen molar-refractivity contribution < 1.29 is 9.53 Å². The predicted molar refractivity (Wildman–Crippen MR) is 74.4 cm³/mol. The van der Waals surface area contributed by atoms with Gasteiger partial charge in [0.1, 0.15) is 5.52 Å². The van der Waals surface area contributed by atoms with Gasteiger partial charge in [-0.25, -0.2) is 4.98 Å². The molecular formula is C15H13N3O2. The van der Waals surface area contributed by atoms with E-state index in [1.54, 1.807) is 24.8 Å². The van der Waals surface area contributed by atoms with Crippen molar-refractivity contribution >= 4 is 16.9 Å². The zero-order valence-electron chi connectivity index (χ0n) is 11.0. The molecule has 0 atom stereocenters. The number of ether oxygens (including phenoxy) is 1. The summed E-state index contributed by atoms with van der Waals surface area (Å²) in [4.78, 5) is 19.5. The van der Waals surface area contributed by atoms with Crippen molar-refractivity contribution in [3.8, 4) is 5.75 Å². The maximum atomic E-state index is 11.1. The molecule has 0 aliphatic heterocycles. The van der Waals surface area contributed by atoms with Crippen LogP contribution in [0.25, 0.3) is 10.9 Å². The van der Waals surface area contributed by atoms with Crippen molar-refractivity contribution in [2.45, 2.75) is 13.5 Å². The Morgan fingerprint density at radius 1 is 1.30 bits per heavy atom. The quantitative estimate of drug-likeness (QED) is 0.540. The molecule has 5 heteroatoms. The minimum Gasteiger partial charge on any atom is -0.424 e. The summed E-state index contributed by atoms with van der Waals surface area (Å²) in [5.74, 6) is 0.141. The number of aromatic nitrogens is 3. The molecule has 0 spiro atoms. The molecule has 0 amide bonds. The maximum Gasteiger partial charge on any atom is 0.308 e. The molecule has 5 nitrogen and oxygen atoms in total. The number of fused-ring (bicyclic) bond motifs is 1. The highest BCUT2D eigenvalue weighted by Gasteiger charge is 2.09. The fourth-order valence-corrected chi connectivity index (χ4v) is 2.16. The number of benzene rings is 1. The van der Waals surface area contributed by atoms with Crippen LogP contribution in [-0.2, 0) is 11.3 Å². The SMILES string of the molecule is CC(=O)Oc1ccc(Cn2ccnc2)c2cccnc12. The number of hydrogen-bond acceptors (Lipinski definition) is 4. The molecule has 0 aliphatic carbocycles. The number of nitrogens with zero attached hydrogens (tertiary/aromatic N) is 3. The van der Waals surface area contributed by atoms with Gasteiger partial charge in [-0.1, -0.05) is 12.1 Å². The number of pyridine rings is 1. The number of carbonyl (C=O) groups excluding carboxylic acids is 1. The van der Waals surface area contributed by atoms with Crippen molar-refractivity contribution in [3.63, 3.8) is 0 Å². The van der Waals surface area contributed by atoms with Crippen LogP contribution in [0.5, 0.6) is 5.75 Å². The van der Waals surface area contributed by atoms with E-state index in [0.717, 1.165) is 10.9 Å². The monoisotopic (exact) mass is 267 g/mol. The van der Waals surface area contributed by atoms with Gasteiger partial charge < -0.3 is 9.30 Å². The van der Waals surface area contributed by atoms with Gasteiger partial charge in [0.05, 0.1) is 6.33 Å². The summed E-state index contributed by atoms with van der Waals surface area (Å²) < 4.78 is 7.18. The van der Waals surface area contributed by atoms with Crippen LogP contribution in [0.2, 0.25) is 0 Å². The summed E-state index contributed by atoms with van der Waals surface area (Å²) in [5, 5.41) is 0.972. The van der Waals surface area contributed by atoms with E-state index in [-0.39, 0.29) is 5.97 Å². The van der Waals surface area contributed by atoms with E-state index in [4.69, 9.17) is 4.74 Å². The maximum absolute atomic E-state index is 11.1. The topological polar surface area (TPSA) is 57.0 Å². The summed E-state index contributed by atoms with van der Waals surface area (Å²) in [6.07, 6.45) is 7.11. The van der Waals surface area contributed by atoms with Crippen molar-refractivity contribution in [2.75, 3.05) is 0 Å². The Balaban J connectivity index is 2.08. The van der Waals surface area contributed by atoms with Gasteiger partial charge in [-0.05, 0) is 17.7 Å². The average Bonchev–Trinajstić information content (AvgIpc) is 2.94. The molecular weight excluding hydrogens is 254 g/mol. The van der Waals surface area contributed by atoms with Crippen LogP contribution in [-0.4, -0.2) is 20.5 Å². The van der Waals surface area contributed by atoms with Crippen molar-refractivity contribution in [1.82, 2.24) is 14.5 Å². The summed E-state index contributed by atoms with van der Waals surface area (Å²) >= 11 is 0. The molecule has 0 saturated carbocycles. The number of imidazole rings is 1. The van der Waals surface area contributed by atoms with Gasteiger partial charge in [-0.15, -0.1) is 0 Å². The van der Waals surface area contributed by atoms with Gasteiger partial charge in [0, 0.05) is 37.4 Å². The zero-order chi connectivity index (χ0) is 13.9. The molecule has 2 aromatic heterocycles. The second kappa shape index (κ2) is 5.13. The molecule has 0 N–H and O–H groups in total. The normalized spacial score (nSPS) is 10.7. The Hall–Kier alpha value is -2.69. The first kappa shape index (κ1) is 12.3. The third kappa shape index (κ3) is 2.38. The number of esters is 1. The van der Waals surface area contributed by atoms with Gasteiger partial charge in [0.2, 0.25) is 0 Å². The van der Waals surface area contributed by atoms with E-state index in [0.29, 0.717) is 17.8 Å². The Bertz CT molecular complexity index is 751. The Labute approximate surface area is 115 Å². The van der Waals surface area contributed by atoms with Crippen LogP contribution in [0.15, 0.2) is 49.2 Å². The first-order valence-corrected chi connectivity index (χ1v) is 6.25. The Morgan fingerprint density at radius 3 is 2.95 bits per heavy atom. The minimum atomic E-state index is -0.348. The lowest BCUT2D eigenvalue weighted by Gasteiger charge is -2.10. The molecule has 0 bridgehead atoms. The molecule has 100 valence electrons. The standard InChI is InChI=1S/C15H13N3O2/c1-11(19)20-14-5-4-12(9-18-8-7-16-10-18)13-3-2-6-17-15(13)14/h2-8,10H,9H2,1H3. The second-order valence-electron chi connectivity index (χ2n) is 4.45. The molecule has 3 aromatic rings. The van der Waals surface area contributed by atoms with Crippen LogP contribution in [0.1, 0.15) is 12.5 Å². The van der Waals surface area contributed by atoms with Crippen molar-refractivity contribution in [1.29, 1.82) is 0 Å². The van der Waals surface area contributed by atoms with Gasteiger partial charge in [0.25, 0.3) is 0 Å². The largest absolute Gasteiger partial charge is 0.424 e. The van der Waals surface area contributed by atoms with Gasteiger partial charge in [-0.3, -0.25) is 9.78 Å². The van der Waals surface area contributed by atoms with Crippen molar-refractivity contribution in [2.24, 2.45) is 0 Å². The molecule has 0 saturated heterocycles. The lowest BCUT2D eigenvalue weighted by molar-refractivity contribution is -0.131. The highest BCUT2D eigenvalue weighted by atomic mass is 16.5. The summed E-state index contributed by atoms with van der Waals surface area (Å²) in [6, 6.07) is 7.57. The van der Waals surface area contributed by atoms with E-state index in [9.17, 15) is 4.79 Å². The third-order valence-electron chi connectivity index (χ3n) is 2.99. The van der Waals surface area contributed by atoms with Gasteiger partial charge in [-0.2, -0.15) is 0 Å². The summed E-state index contributed by atoms with van der Waals surface area (Å²) in [5.41, 5.74) is 1.79. The van der Waals surface area contributed by atoms with Gasteiger partial charge >= 0.3 is 5.97 Å². The third-order valence-corrected chi connectivity index (χ3v) is 2.99. The Morgan fingerprint density at radius 2 is 2.20 bits per heavy atom.